The number of carbonyl (C=O) groups excluding carboxylic acids is 1. The molecule has 0 heterocycles. The number of hydrogen-bond acceptors (Lipinski definition) is 4. The van der Waals surface area contributed by atoms with E-state index in [1.807, 2.05) is 59.0 Å². The van der Waals surface area contributed by atoms with Crippen molar-refractivity contribution in [2.24, 2.45) is 0 Å². The number of carboxylic acids is 1. The van der Waals surface area contributed by atoms with Gasteiger partial charge < -0.3 is 15.6 Å². The molecule has 4 rings (SSSR count). The predicted octanol–water partition coefficient (Wildman–Crippen LogP) is 4.54. The van der Waals surface area contributed by atoms with Crippen molar-refractivity contribution in [1.29, 1.82) is 0 Å². The van der Waals surface area contributed by atoms with Crippen LogP contribution in [0.3, 0.4) is 0 Å². The number of ether oxygens (including phenoxy) is 1. The molecule has 1 aliphatic rings. The topological polar surface area (TPSA) is 89.6 Å². The second kappa shape index (κ2) is 7.27. The van der Waals surface area contributed by atoms with E-state index in [9.17, 15) is 14.7 Å². The maximum atomic E-state index is 12.7. The summed E-state index contributed by atoms with van der Waals surface area (Å²) in [7, 11) is 0. The Bertz CT molecular complexity index is 1060. The molecule has 0 aliphatic heterocycles. The van der Waals surface area contributed by atoms with E-state index in [-0.39, 0.29) is 29.3 Å². The lowest BCUT2D eigenvalue weighted by Gasteiger charge is -2.15. The third kappa shape index (κ3) is 3.13. The van der Waals surface area contributed by atoms with E-state index in [1.165, 1.54) is 6.07 Å². The first kappa shape index (κ1) is 18.5. The van der Waals surface area contributed by atoms with Gasteiger partial charge in [0.2, 0.25) is 0 Å². The number of anilines is 1. The van der Waals surface area contributed by atoms with Gasteiger partial charge in [0.25, 0.3) is 0 Å². The van der Waals surface area contributed by atoms with Gasteiger partial charge in [-0.15, -0.1) is 0 Å². The molecule has 3 aromatic rings. The molecule has 0 amide bonds. The first-order valence-corrected chi connectivity index (χ1v) is 9.73. The van der Waals surface area contributed by atoms with Crippen LogP contribution in [0.4, 0.5) is 5.69 Å². The SMILES string of the molecule is Nc1c(C(=O)O)cc(I)cc1C(=O)OCC1c2ccccc2-c2ccccc21. The van der Waals surface area contributed by atoms with Crippen LogP contribution in [0.5, 0.6) is 0 Å². The van der Waals surface area contributed by atoms with Crippen molar-refractivity contribution in [3.8, 4) is 11.1 Å². The first-order valence-electron chi connectivity index (χ1n) is 8.65. The number of halogens is 1. The minimum Gasteiger partial charge on any atom is -0.478 e. The number of fused-ring (bicyclic) bond motifs is 3. The summed E-state index contributed by atoms with van der Waals surface area (Å²) in [4.78, 5) is 24.0. The van der Waals surface area contributed by atoms with Gasteiger partial charge in [-0.2, -0.15) is 0 Å². The number of nitrogen functional groups attached to an aromatic ring is 1. The van der Waals surface area contributed by atoms with Crippen LogP contribution in [0.25, 0.3) is 11.1 Å². The molecular formula is C22H16INO4. The average molecular weight is 485 g/mol. The minimum atomic E-state index is -1.18. The molecule has 3 N–H and O–H groups in total. The van der Waals surface area contributed by atoms with Crippen molar-refractivity contribution >= 4 is 40.2 Å². The molecule has 6 heteroatoms. The zero-order valence-corrected chi connectivity index (χ0v) is 16.8. The van der Waals surface area contributed by atoms with Crippen molar-refractivity contribution in [2.75, 3.05) is 12.3 Å². The standard InChI is InChI=1S/C22H16INO4/c23-12-9-17(21(25)26)20(24)18(10-12)22(27)28-11-19-15-7-3-1-5-13(15)14-6-2-4-8-16(14)19/h1-10,19H,11,24H2,(H,25,26). The van der Waals surface area contributed by atoms with Crippen molar-refractivity contribution in [3.63, 3.8) is 0 Å². The van der Waals surface area contributed by atoms with Crippen molar-refractivity contribution in [2.45, 2.75) is 5.92 Å². The van der Waals surface area contributed by atoms with Crippen LogP contribution in [0, 0.1) is 3.57 Å². The Kier molecular flexibility index (Phi) is 4.80. The van der Waals surface area contributed by atoms with Crippen LogP contribution < -0.4 is 5.73 Å². The van der Waals surface area contributed by atoms with Gasteiger partial charge in [-0.05, 0) is 57.0 Å². The van der Waals surface area contributed by atoms with Gasteiger partial charge in [0.15, 0.2) is 0 Å². The van der Waals surface area contributed by atoms with Gasteiger partial charge in [0.1, 0.15) is 6.61 Å². The minimum absolute atomic E-state index is 0.0701. The summed E-state index contributed by atoms with van der Waals surface area (Å²) in [5.41, 5.74) is 10.3. The van der Waals surface area contributed by atoms with E-state index >= 15 is 0 Å². The highest BCUT2D eigenvalue weighted by Gasteiger charge is 2.29. The number of carboxylic acid groups (broad SMARTS) is 1. The summed E-state index contributed by atoms with van der Waals surface area (Å²) in [5.74, 6) is -1.87. The Balaban J connectivity index is 1.62. The highest BCUT2D eigenvalue weighted by Crippen LogP contribution is 2.44. The number of nitrogens with two attached hydrogens (primary N) is 1. The fourth-order valence-corrected chi connectivity index (χ4v) is 4.26. The number of carbonyl (C=O) groups is 2. The van der Waals surface area contributed by atoms with Gasteiger partial charge in [-0.1, -0.05) is 48.5 Å². The summed E-state index contributed by atoms with van der Waals surface area (Å²) in [6.07, 6.45) is 0. The van der Waals surface area contributed by atoms with Crippen LogP contribution in [0.1, 0.15) is 37.8 Å². The van der Waals surface area contributed by atoms with Crippen molar-refractivity contribution in [1.82, 2.24) is 0 Å². The Morgan fingerprint density at radius 3 is 2.07 bits per heavy atom. The van der Waals surface area contributed by atoms with E-state index in [0.29, 0.717) is 3.57 Å². The van der Waals surface area contributed by atoms with E-state index < -0.39 is 11.9 Å². The first-order chi connectivity index (χ1) is 13.5. The molecule has 0 bridgehead atoms. The smallest absolute Gasteiger partial charge is 0.340 e. The van der Waals surface area contributed by atoms with Gasteiger partial charge in [-0.25, -0.2) is 9.59 Å². The van der Waals surface area contributed by atoms with Crippen molar-refractivity contribution < 1.29 is 19.4 Å². The normalized spacial score (nSPS) is 12.3. The van der Waals surface area contributed by atoms with E-state index in [2.05, 4.69) is 12.1 Å². The predicted molar refractivity (Wildman–Crippen MR) is 115 cm³/mol. The number of hydrogen-bond donors (Lipinski definition) is 2. The van der Waals surface area contributed by atoms with Crippen LogP contribution in [0.2, 0.25) is 0 Å². The quantitative estimate of drug-likeness (QED) is 0.322. The lowest BCUT2D eigenvalue weighted by atomic mass is 9.98. The summed E-state index contributed by atoms with van der Waals surface area (Å²) in [5, 5.41) is 9.28. The third-order valence-corrected chi connectivity index (χ3v) is 5.56. The molecule has 28 heavy (non-hydrogen) atoms. The van der Waals surface area contributed by atoms with Crippen LogP contribution in [-0.4, -0.2) is 23.7 Å². The average Bonchev–Trinajstić information content (AvgIpc) is 3.01. The number of rotatable bonds is 4. The third-order valence-electron chi connectivity index (χ3n) is 4.94. The largest absolute Gasteiger partial charge is 0.478 e. The monoisotopic (exact) mass is 485 g/mol. The summed E-state index contributed by atoms with van der Waals surface area (Å²) < 4.78 is 6.19. The number of esters is 1. The highest BCUT2D eigenvalue weighted by molar-refractivity contribution is 14.1. The molecule has 0 spiro atoms. The maximum absolute atomic E-state index is 12.7. The molecule has 0 saturated heterocycles. The van der Waals surface area contributed by atoms with Crippen LogP contribution >= 0.6 is 22.6 Å². The number of aromatic carboxylic acids is 1. The highest BCUT2D eigenvalue weighted by atomic mass is 127. The summed E-state index contributed by atoms with van der Waals surface area (Å²) >= 11 is 1.95. The summed E-state index contributed by atoms with van der Waals surface area (Å²) in [6, 6.07) is 19.1. The number of benzene rings is 3. The van der Waals surface area contributed by atoms with E-state index in [0.717, 1.165) is 22.3 Å². The maximum Gasteiger partial charge on any atom is 0.340 e. The van der Waals surface area contributed by atoms with E-state index in [4.69, 9.17) is 10.5 Å². The fraction of sp³-hybridized carbons (Fsp3) is 0.0909. The van der Waals surface area contributed by atoms with Crippen LogP contribution in [-0.2, 0) is 4.74 Å². The Morgan fingerprint density at radius 2 is 1.50 bits per heavy atom. The molecular weight excluding hydrogens is 469 g/mol. The molecule has 140 valence electrons. The molecule has 0 unspecified atom stereocenters. The zero-order valence-electron chi connectivity index (χ0n) is 14.7. The van der Waals surface area contributed by atoms with Gasteiger partial charge in [0, 0.05) is 9.49 Å². The van der Waals surface area contributed by atoms with Crippen LogP contribution in [0.15, 0.2) is 60.7 Å². The van der Waals surface area contributed by atoms with Gasteiger partial charge in [0.05, 0.1) is 16.8 Å². The van der Waals surface area contributed by atoms with Crippen molar-refractivity contribution in [3.05, 3.63) is 86.5 Å². The van der Waals surface area contributed by atoms with E-state index in [1.54, 1.807) is 6.07 Å². The Labute approximate surface area is 175 Å². The zero-order chi connectivity index (χ0) is 19.8. The molecule has 0 atom stereocenters. The molecule has 1 aliphatic carbocycles. The molecule has 3 aromatic carbocycles. The van der Waals surface area contributed by atoms with Gasteiger partial charge in [-0.3, -0.25) is 0 Å². The second-order valence-corrected chi connectivity index (χ2v) is 7.79. The molecule has 5 nitrogen and oxygen atoms in total. The Hall–Kier alpha value is -2.87. The molecule has 0 saturated carbocycles. The molecule has 0 aromatic heterocycles. The second-order valence-electron chi connectivity index (χ2n) is 6.55. The molecule has 0 radical (unpaired) electrons. The fourth-order valence-electron chi connectivity index (χ4n) is 3.64. The lowest BCUT2D eigenvalue weighted by Crippen LogP contribution is -2.16. The Morgan fingerprint density at radius 1 is 0.964 bits per heavy atom. The van der Waals surface area contributed by atoms with Gasteiger partial charge >= 0.3 is 11.9 Å². The molecule has 0 fully saturated rings. The lowest BCUT2D eigenvalue weighted by molar-refractivity contribution is 0.0494. The summed E-state index contributed by atoms with van der Waals surface area (Å²) in [6.45, 7) is 0.153.